The normalized spacial score (nSPS) is 12.2. The van der Waals surface area contributed by atoms with Gasteiger partial charge in [-0.1, -0.05) is 32.9 Å². The van der Waals surface area contributed by atoms with Gasteiger partial charge in [0, 0.05) is 37.6 Å². The number of carbonyl (C=O) groups is 1. The number of hydrogen-bond donors (Lipinski definition) is 1. The van der Waals surface area contributed by atoms with Gasteiger partial charge in [0.25, 0.3) is 5.91 Å². The van der Waals surface area contributed by atoms with E-state index < -0.39 is 10.0 Å². The lowest BCUT2D eigenvalue weighted by atomic mass is 9.87. The van der Waals surface area contributed by atoms with E-state index in [1.807, 2.05) is 12.1 Å². The first-order chi connectivity index (χ1) is 12.6. The van der Waals surface area contributed by atoms with Crippen LogP contribution < -0.4 is 5.32 Å². The van der Waals surface area contributed by atoms with Crippen LogP contribution in [-0.2, 0) is 22.0 Å². The summed E-state index contributed by atoms with van der Waals surface area (Å²) in [7, 11) is -3.39. The molecule has 0 aliphatic carbocycles. The molecule has 1 amide bonds. The van der Waals surface area contributed by atoms with Gasteiger partial charge in [0.15, 0.2) is 0 Å². The van der Waals surface area contributed by atoms with E-state index in [1.165, 1.54) is 10.6 Å². The molecule has 2 aromatic rings. The zero-order valence-electron chi connectivity index (χ0n) is 16.3. The van der Waals surface area contributed by atoms with Crippen molar-refractivity contribution < 1.29 is 13.2 Å². The molecule has 0 aliphatic rings. The third-order valence-electron chi connectivity index (χ3n) is 4.24. The second-order valence-electron chi connectivity index (χ2n) is 7.54. The Balaban J connectivity index is 1.95. The van der Waals surface area contributed by atoms with Crippen molar-refractivity contribution in [2.45, 2.75) is 32.7 Å². The van der Waals surface area contributed by atoms with Gasteiger partial charge >= 0.3 is 0 Å². The molecule has 2 rings (SSSR count). The third-order valence-corrected chi connectivity index (χ3v) is 5.49. The molecule has 1 N–H and O–H groups in total. The van der Waals surface area contributed by atoms with E-state index >= 15 is 0 Å². The Morgan fingerprint density at radius 2 is 1.67 bits per heavy atom. The van der Waals surface area contributed by atoms with Crippen LogP contribution in [0.3, 0.4) is 0 Å². The Bertz CT molecular complexity index is 858. The maximum Gasteiger partial charge on any atom is 0.251 e. The van der Waals surface area contributed by atoms with Crippen LogP contribution in [-0.4, -0.2) is 43.0 Å². The highest BCUT2D eigenvalue weighted by molar-refractivity contribution is 7.88. The lowest BCUT2D eigenvalue weighted by molar-refractivity contribution is 0.0951. The van der Waals surface area contributed by atoms with Crippen LogP contribution in [0.2, 0.25) is 0 Å². The number of nitrogens with zero attached hydrogens (tertiary/aromatic N) is 2. The van der Waals surface area contributed by atoms with Gasteiger partial charge in [0.1, 0.15) is 0 Å². The van der Waals surface area contributed by atoms with E-state index in [9.17, 15) is 13.2 Å². The van der Waals surface area contributed by atoms with Crippen LogP contribution in [0.1, 0.15) is 42.3 Å². The van der Waals surface area contributed by atoms with Gasteiger partial charge in [0.05, 0.1) is 6.26 Å². The molecule has 0 atom stereocenters. The van der Waals surface area contributed by atoms with E-state index in [1.54, 1.807) is 36.7 Å². The first-order valence-corrected chi connectivity index (χ1v) is 10.6. The topological polar surface area (TPSA) is 79.4 Å². The molecule has 27 heavy (non-hydrogen) atoms. The Morgan fingerprint density at radius 1 is 1.07 bits per heavy atom. The average Bonchev–Trinajstić information content (AvgIpc) is 2.60. The van der Waals surface area contributed by atoms with Crippen LogP contribution in [0.25, 0.3) is 0 Å². The largest absolute Gasteiger partial charge is 0.351 e. The zero-order chi connectivity index (χ0) is 20.1. The van der Waals surface area contributed by atoms with Crippen molar-refractivity contribution in [3.63, 3.8) is 0 Å². The van der Waals surface area contributed by atoms with Crippen molar-refractivity contribution >= 4 is 15.9 Å². The van der Waals surface area contributed by atoms with Gasteiger partial charge in [-0.3, -0.25) is 9.78 Å². The number of aromatic nitrogens is 1. The monoisotopic (exact) mass is 389 g/mol. The van der Waals surface area contributed by atoms with Crippen molar-refractivity contribution in [3.05, 3.63) is 65.5 Å². The number of amides is 1. The summed E-state index contributed by atoms with van der Waals surface area (Å²) in [6.45, 7) is 7.03. The van der Waals surface area contributed by atoms with Crippen LogP contribution >= 0.6 is 0 Å². The van der Waals surface area contributed by atoms with E-state index in [4.69, 9.17) is 0 Å². The van der Waals surface area contributed by atoms with Crippen LogP contribution in [0, 0.1) is 0 Å². The minimum atomic E-state index is -3.39. The van der Waals surface area contributed by atoms with Crippen LogP contribution in [0.15, 0.2) is 48.8 Å². The molecule has 0 unspecified atom stereocenters. The molecule has 0 bridgehead atoms. The summed E-state index contributed by atoms with van der Waals surface area (Å²) in [6.07, 6.45) is 4.42. The maximum absolute atomic E-state index is 12.3. The molecule has 7 heteroatoms. The molecule has 0 aliphatic heterocycles. The number of rotatable bonds is 7. The fourth-order valence-electron chi connectivity index (χ4n) is 2.57. The van der Waals surface area contributed by atoms with Crippen molar-refractivity contribution in [2.75, 3.05) is 19.3 Å². The summed E-state index contributed by atoms with van der Waals surface area (Å²) >= 11 is 0. The molecule has 1 aromatic heterocycles. The maximum atomic E-state index is 12.3. The summed E-state index contributed by atoms with van der Waals surface area (Å²) < 4.78 is 25.4. The number of sulfonamides is 1. The Morgan fingerprint density at radius 3 is 2.19 bits per heavy atom. The lowest BCUT2D eigenvalue weighted by Crippen LogP contribution is -2.37. The molecule has 146 valence electrons. The Labute approximate surface area is 161 Å². The van der Waals surface area contributed by atoms with Crippen LogP contribution in [0.5, 0.6) is 0 Å². The molecule has 0 fully saturated rings. The highest BCUT2D eigenvalue weighted by Gasteiger charge is 2.18. The van der Waals surface area contributed by atoms with E-state index in [2.05, 4.69) is 31.1 Å². The predicted octanol–water partition coefficient (Wildman–Crippen LogP) is 2.57. The number of benzene rings is 1. The van der Waals surface area contributed by atoms with Crippen LogP contribution in [0.4, 0.5) is 0 Å². The molecule has 6 nitrogen and oxygen atoms in total. The van der Waals surface area contributed by atoms with Gasteiger partial charge in [-0.25, -0.2) is 8.42 Å². The highest BCUT2D eigenvalue weighted by atomic mass is 32.2. The smallest absolute Gasteiger partial charge is 0.251 e. The quantitative estimate of drug-likeness (QED) is 0.789. The Hall–Kier alpha value is -2.25. The fraction of sp³-hybridized carbons (Fsp3) is 0.400. The van der Waals surface area contributed by atoms with Crippen molar-refractivity contribution in [1.82, 2.24) is 14.6 Å². The second-order valence-corrected chi connectivity index (χ2v) is 9.52. The minimum Gasteiger partial charge on any atom is -0.351 e. The number of carbonyl (C=O) groups excluding carboxylic acids is 1. The van der Waals surface area contributed by atoms with Crippen molar-refractivity contribution in [1.29, 1.82) is 0 Å². The molecule has 0 saturated heterocycles. The second kappa shape index (κ2) is 8.63. The molecule has 1 aromatic carbocycles. The molecular weight excluding hydrogens is 362 g/mol. The van der Waals surface area contributed by atoms with E-state index in [0.717, 1.165) is 11.1 Å². The fourth-order valence-corrected chi connectivity index (χ4v) is 3.38. The summed E-state index contributed by atoms with van der Waals surface area (Å²) in [5, 5.41) is 2.79. The van der Waals surface area contributed by atoms with E-state index in [0.29, 0.717) is 5.56 Å². The summed E-state index contributed by atoms with van der Waals surface area (Å²) in [5.41, 5.74) is 2.58. The highest BCUT2D eigenvalue weighted by Crippen LogP contribution is 2.22. The summed E-state index contributed by atoms with van der Waals surface area (Å²) in [6, 6.07) is 11.0. The number of nitrogens with one attached hydrogen (secondary N) is 1. The van der Waals surface area contributed by atoms with Gasteiger partial charge in [0.2, 0.25) is 10.0 Å². The zero-order valence-corrected chi connectivity index (χ0v) is 17.1. The van der Waals surface area contributed by atoms with Gasteiger partial charge in [-0.2, -0.15) is 4.31 Å². The van der Waals surface area contributed by atoms with Gasteiger partial charge in [-0.05, 0) is 40.8 Å². The first-order valence-electron chi connectivity index (χ1n) is 8.80. The van der Waals surface area contributed by atoms with Gasteiger partial charge < -0.3 is 5.32 Å². The minimum absolute atomic E-state index is 0.0257. The molecule has 0 saturated carbocycles. The van der Waals surface area contributed by atoms with Gasteiger partial charge in [-0.15, -0.1) is 0 Å². The standard InChI is InChI=1S/C20H27N3O3S/c1-20(2,3)18-7-5-17(6-8-18)19(24)22-13-14-23(27(4,25)26)15-16-9-11-21-12-10-16/h5-12H,13-15H2,1-4H3,(H,22,24). The van der Waals surface area contributed by atoms with Crippen molar-refractivity contribution in [3.8, 4) is 0 Å². The Kier molecular flexibility index (Phi) is 6.73. The summed E-state index contributed by atoms with van der Waals surface area (Å²) in [4.78, 5) is 16.2. The SMILES string of the molecule is CC(C)(C)c1ccc(C(=O)NCCN(Cc2ccncc2)S(C)(=O)=O)cc1. The predicted molar refractivity (Wildman–Crippen MR) is 107 cm³/mol. The third kappa shape index (κ3) is 6.45. The molecule has 1 heterocycles. The number of hydrogen-bond acceptors (Lipinski definition) is 4. The lowest BCUT2D eigenvalue weighted by Gasteiger charge is -2.20. The molecular formula is C20H27N3O3S. The first kappa shape index (κ1) is 21.1. The van der Waals surface area contributed by atoms with Crippen molar-refractivity contribution in [2.24, 2.45) is 0 Å². The average molecular weight is 390 g/mol. The molecule has 0 spiro atoms. The van der Waals surface area contributed by atoms with E-state index in [-0.39, 0.29) is 31.0 Å². The summed E-state index contributed by atoms with van der Waals surface area (Å²) in [5.74, 6) is -0.215. The number of pyridine rings is 1. The molecule has 0 radical (unpaired) electrons.